The fourth-order valence-electron chi connectivity index (χ4n) is 2.29. The molecule has 0 unspecified atom stereocenters. The lowest BCUT2D eigenvalue weighted by Gasteiger charge is -2.10. The Balaban J connectivity index is 1.82. The zero-order valence-corrected chi connectivity index (χ0v) is 10.3. The molecule has 0 radical (unpaired) electrons. The van der Waals surface area contributed by atoms with Crippen LogP contribution in [0.1, 0.15) is 18.1 Å². The highest BCUT2D eigenvalue weighted by Gasteiger charge is 2.33. The van der Waals surface area contributed by atoms with E-state index in [-0.39, 0.29) is 6.10 Å². The summed E-state index contributed by atoms with van der Waals surface area (Å²) in [5.74, 6) is -0.530. The highest BCUT2D eigenvalue weighted by molar-refractivity contribution is 5.76. The number of esters is 1. The summed E-state index contributed by atoms with van der Waals surface area (Å²) in [6.45, 7) is 0. The van der Waals surface area contributed by atoms with E-state index in [0.29, 0.717) is 6.42 Å². The second-order valence-electron chi connectivity index (χ2n) is 4.67. The number of aliphatic hydroxyl groups is 1. The number of ether oxygens (including phenoxy) is 1. The maximum Gasteiger partial charge on any atom is 0.335 e. The molecule has 0 aromatic heterocycles. The van der Waals surface area contributed by atoms with E-state index in [2.05, 4.69) is 0 Å². The molecule has 19 heavy (non-hydrogen) atoms. The fraction of sp³-hybridized carbons (Fsp3) is 0.188. The van der Waals surface area contributed by atoms with Crippen LogP contribution in [0.5, 0.6) is 0 Å². The van der Waals surface area contributed by atoms with Crippen molar-refractivity contribution in [2.75, 3.05) is 0 Å². The minimum absolute atomic E-state index is 0.327. The van der Waals surface area contributed by atoms with E-state index >= 15 is 0 Å². The molecule has 1 saturated heterocycles. The number of hydrogen-bond acceptors (Lipinski definition) is 3. The number of hydrogen-bond donors (Lipinski definition) is 1. The summed E-state index contributed by atoms with van der Waals surface area (Å²) in [5, 5.41) is 9.39. The molecule has 0 aliphatic carbocycles. The second kappa shape index (κ2) is 4.86. The molecule has 1 heterocycles. The van der Waals surface area contributed by atoms with Crippen molar-refractivity contribution in [2.24, 2.45) is 0 Å². The van der Waals surface area contributed by atoms with Crippen LogP contribution < -0.4 is 0 Å². The highest BCUT2D eigenvalue weighted by Crippen LogP contribution is 2.31. The standard InChI is InChI=1S/C16H14O3/c17-14-10-15(19-16(14)18)13-8-6-12(7-9-13)11-4-2-1-3-5-11/h1-9,14-15,17H,10H2/t14-,15+/m1/s1. The summed E-state index contributed by atoms with van der Waals surface area (Å²) in [4.78, 5) is 11.2. The van der Waals surface area contributed by atoms with Gasteiger partial charge in [-0.05, 0) is 16.7 Å². The second-order valence-corrected chi connectivity index (χ2v) is 4.67. The number of aliphatic hydroxyl groups excluding tert-OH is 1. The number of carbonyl (C=O) groups is 1. The van der Waals surface area contributed by atoms with E-state index < -0.39 is 12.1 Å². The van der Waals surface area contributed by atoms with E-state index in [1.807, 2.05) is 54.6 Å². The zero-order chi connectivity index (χ0) is 13.2. The molecule has 1 N–H and O–H groups in total. The Bertz CT molecular complexity index is 575. The van der Waals surface area contributed by atoms with Gasteiger partial charge in [0.1, 0.15) is 6.10 Å². The quantitative estimate of drug-likeness (QED) is 0.838. The Morgan fingerprint density at radius 3 is 2.16 bits per heavy atom. The predicted octanol–water partition coefficient (Wildman–Crippen LogP) is 2.70. The third kappa shape index (κ3) is 2.37. The van der Waals surface area contributed by atoms with Crippen LogP contribution in [0.3, 0.4) is 0 Å². The molecule has 1 aliphatic heterocycles. The molecule has 3 rings (SSSR count). The van der Waals surface area contributed by atoms with E-state index in [1.54, 1.807) is 0 Å². The molecule has 0 saturated carbocycles. The summed E-state index contributed by atoms with van der Waals surface area (Å²) < 4.78 is 5.12. The summed E-state index contributed by atoms with van der Waals surface area (Å²) in [7, 11) is 0. The van der Waals surface area contributed by atoms with Gasteiger partial charge >= 0.3 is 5.97 Å². The van der Waals surface area contributed by atoms with Gasteiger partial charge in [0.25, 0.3) is 0 Å². The number of benzene rings is 2. The van der Waals surface area contributed by atoms with Gasteiger partial charge in [-0.15, -0.1) is 0 Å². The van der Waals surface area contributed by atoms with Gasteiger partial charge in [-0.3, -0.25) is 0 Å². The Morgan fingerprint density at radius 1 is 0.947 bits per heavy atom. The molecular weight excluding hydrogens is 240 g/mol. The zero-order valence-electron chi connectivity index (χ0n) is 10.3. The monoisotopic (exact) mass is 254 g/mol. The predicted molar refractivity (Wildman–Crippen MR) is 71.3 cm³/mol. The summed E-state index contributed by atoms with van der Waals surface area (Å²) in [6, 6.07) is 18.0. The molecule has 3 heteroatoms. The van der Waals surface area contributed by atoms with Crippen molar-refractivity contribution in [3.8, 4) is 11.1 Å². The van der Waals surface area contributed by atoms with Crippen LogP contribution in [0.25, 0.3) is 11.1 Å². The molecule has 1 fully saturated rings. The molecule has 0 amide bonds. The topological polar surface area (TPSA) is 46.5 Å². The van der Waals surface area contributed by atoms with Crippen molar-refractivity contribution in [3.63, 3.8) is 0 Å². The van der Waals surface area contributed by atoms with Crippen molar-refractivity contribution in [2.45, 2.75) is 18.6 Å². The summed E-state index contributed by atoms with van der Waals surface area (Å²) in [5.41, 5.74) is 3.19. The van der Waals surface area contributed by atoms with Gasteiger partial charge in [-0.1, -0.05) is 54.6 Å². The summed E-state index contributed by atoms with van der Waals surface area (Å²) in [6.07, 6.45) is -0.977. The Morgan fingerprint density at radius 2 is 1.58 bits per heavy atom. The molecule has 0 spiro atoms. The third-order valence-corrected chi connectivity index (χ3v) is 3.36. The van der Waals surface area contributed by atoms with Crippen LogP contribution in [-0.4, -0.2) is 17.2 Å². The highest BCUT2D eigenvalue weighted by atomic mass is 16.6. The molecule has 2 aromatic carbocycles. The first-order valence-electron chi connectivity index (χ1n) is 6.28. The Kier molecular flexibility index (Phi) is 3.05. The van der Waals surface area contributed by atoms with Crippen LogP contribution in [0.15, 0.2) is 54.6 Å². The average molecular weight is 254 g/mol. The van der Waals surface area contributed by atoms with Crippen molar-refractivity contribution < 1.29 is 14.6 Å². The van der Waals surface area contributed by atoms with E-state index in [0.717, 1.165) is 16.7 Å². The first-order valence-corrected chi connectivity index (χ1v) is 6.28. The van der Waals surface area contributed by atoms with Crippen LogP contribution in [0, 0.1) is 0 Å². The molecular formula is C16H14O3. The normalized spacial score (nSPS) is 22.3. The minimum atomic E-state index is -0.987. The largest absolute Gasteiger partial charge is 0.455 e. The van der Waals surface area contributed by atoms with Gasteiger partial charge in [0.05, 0.1) is 0 Å². The molecule has 96 valence electrons. The van der Waals surface area contributed by atoms with E-state index in [1.165, 1.54) is 0 Å². The van der Waals surface area contributed by atoms with Crippen molar-refractivity contribution in [3.05, 3.63) is 60.2 Å². The number of carbonyl (C=O) groups excluding carboxylic acids is 1. The van der Waals surface area contributed by atoms with Crippen LogP contribution in [-0.2, 0) is 9.53 Å². The smallest absolute Gasteiger partial charge is 0.335 e. The fourth-order valence-corrected chi connectivity index (χ4v) is 2.29. The third-order valence-electron chi connectivity index (χ3n) is 3.36. The molecule has 2 aromatic rings. The summed E-state index contributed by atoms with van der Waals surface area (Å²) >= 11 is 0. The number of rotatable bonds is 2. The van der Waals surface area contributed by atoms with E-state index in [4.69, 9.17) is 4.74 Å². The molecule has 3 nitrogen and oxygen atoms in total. The number of cyclic esters (lactones) is 1. The Labute approximate surface area is 111 Å². The average Bonchev–Trinajstić information content (AvgIpc) is 2.80. The van der Waals surface area contributed by atoms with Crippen LogP contribution in [0.4, 0.5) is 0 Å². The molecule has 2 atom stereocenters. The Hall–Kier alpha value is -2.13. The van der Waals surface area contributed by atoms with Gasteiger partial charge in [-0.25, -0.2) is 4.79 Å². The maximum atomic E-state index is 11.2. The van der Waals surface area contributed by atoms with Crippen LogP contribution in [0.2, 0.25) is 0 Å². The van der Waals surface area contributed by atoms with Crippen molar-refractivity contribution in [1.82, 2.24) is 0 Å². The van der Waals surface area contributed by atoms with Gasteiger partial charge in [0.15, 0.2) is 6.10 Å². The van der Waals surface area contributed by atoms with Gasteiger partial charge in [0.2, 0.25) is 0 Å². The SMILES string of the molecule is O=C1O[C@H](c2ccc(-c3ccccc3)cc2)C[C@H]1O. The first kappa shape index (κ1) is 11.9. The lowest BCUT2D eigenvalue weighted by atomic mass is 10.0. The van der Waals surface area contributed by atoms with Gasteiger partial charge < -0.3 is 9.84 Å². The first-order chi connectivity index (χ1) is 9.24. The minimum Gasteiger partial charge on any atom is -0.455 e. The van der Waals surface area contributed by atoms with Gasteiger partial charge in [0, 0.05) is 6.42 Å². The lowest BCUT2D eigenvalue weighted by Crippen LogP contribution is -2.11. The van der Waals surface area contributed by atoms with Gasteiger partial charge in [-0.2, -0.15) is 0 Å². The van der Waals surface area contributed by atoms with Crippen LogP contribution >= 0.6 is 0 Å². The maximum absolute atomic E-state index is 11.2. The van der Waals surface area contributed by atoms with Crippen molar-refractivity contribution >= 4 is 5.97 Å². The lowest BCUT2D eigenvalue weighted by molar-refractivity contribution is -0.147. The van der Waals surface area contributed by atoms with Crippen molar-refractivity contribution in [1.29, 1.82) is 0 Å². The van der Waals surface area contributed by atoms with E-state index in [9.17, 15) is 9.90 Å². The molecule has 1 aliphatic rings. The molecule has 0 bridgehead atoms.